The Morgan fingerprint density at radius 2 is 1.80 bits per heavy atom. The van der Waals surface area contributed by atoms with E-state index in [1.807, 2.05) is 4.90 Å². The van der Waals surface area contributed by atoms with E-state index in [1.54, 1.807) is 24.2 Å². The highest BCUT2D eigenvalue weighted by Gasteiger charge is 2.41. The minimum Gasteiger partial charge on any atom is -0.347 e. The van der Waals surface area contributed by atoms with Crippen molar-refractivity contribution in [1.82, 2.24) is 14.8 Å². The topological polar surface area (TPSA) is 72.0 Å². The van der Waals surface area contributed by atoms with E-state index in [2.05, 4.69) is 4.98 Å². The quantitative estimate of drug-likeness (QED) is 0.758. The first-order valence-corrected chi connectivity index (χ1v) is 8.86. The third-order valence-corrected chi connectivity index (χ3v) is 5.44. The number of amides is 2. The molecular weight excluding hydrogens is 322 g/mol. The summed E-state index contributed by atoms with van der Waals surface area (Å²) in [6, 6.07) is 0. The molecule has 0 radical (unpaired) electrons. The van der Waals surface area contributed by atoms with Crippen LogP contribution in [0.15, 0.2) is 12.4 Å². The van der Waals surface area contributed by atoms with Gasteiger partial charge in [0.25, 0.3) is 5.91 Å². The second-order valence-corrected chi connectivity index (χ2v) is 6.92. The molecule has 2 amide bonds. The lowest BCUT2D eigenvalue weighted by Gasteiger charge is -2.38. The van der Waals surface area contributed by atoms with Crippen molar-refractivity contribution in [2.45, 2.75) is 38.5 Å². The molecule has 0 atom stereocenters. The molecule has 134 valence electrons. The number of likely N-dealkylation sites (tertiary alicyclic amines) is 1. The Hall–Kier alpha value is -1.99. The van der Waals surface area contributed by atoms with Crippen molar-refractivity contribution >= 4 is 11.8 Å². The fourth-order valence-electron chi connectivity index (χ4n) is 3.95. The van der Waals surface area contributed by atoms with Crippen molar-refractivity contribution in [3.05, 3.63) is 29.1 Å². The number of fused-ring (bicyclic) bond motifs is 1. The lowest BCUT2D eigenvalue weighted by atomic mass is 9.95. The highest BCUT2D eigenvalue weighted by Crippen LogP contribution is 2.32. The summed E-state index contributed by atoms with van der Waals surface area (Å²) in [4.78, 5) is 32.5. The van der Waals surface area contributed by atoms with Gasteiger partial charge in [0.05, 0.1) is 18.8 Å². The molecule has 3 aliphatic heterocycles. The van der Waals surface area contributed by atoms with E-state index >= 15 is 0 Å². The highest BCUT2D eigenvalue weighted by molar-refractivity contribution is 5.96. The van der Waals surface area contributed by atoms with Crippen LogP contribution in [0.25, 0.3) is 0 Å². The Kier molecular flexibility index (Phi) is 4.21. The van der Waals surface area contributed by atoms with Crippen LogP contribution in [0.1, 0.15) is 41.3 Å². The molecule has 7 heteroatoms. The number of carbonyl (C=O) groups excluding carboxylic acids is 2. The van der Waals surface area contributed by atoms with Gasteiger partial charge in [-0.2, -0.15) is 0 Å². The van der Waals surface area contributed by atoms with Crippen molar-refractivity contribution in [3.8, 4) is 0 Å². The van der Waals surface area contributed by atoms with Crippen LogP contribution in [-0.4, -0.2) is 65.2 Å². The molecule has 4 rings (SSSR count). The van der Waals surface area contributed by atoms with Gasteiger partial charge in [-0.1, -0.05) is 0 Å². The molecule has 2 fully saturated rings. The number of hydrogen-bond acceptors (Lipinski definition) is 5. The summed E-state index contributed by atoms with van der Waals surface area (Å²) in [5.41, 5.74) is 2.68. The summed E-state index contributed by atoms with van der Waals surface area (Å²) < 4.78 is 11.5. The minimum atomic E-state index is -0.479. The van der Waals surface area contributed by atoms with Crippen molar-refractivity contribution in [2.24, 2.45) is 0 Å². The zero-order valence-corrected chi connectivity index (χ0v) is 14.5. The summed E-state index contributed by atoms with van der Waals surface area (Å²) in [5.74, 6) is -0.401. The largest absolute Gasteiger partial charge is 0.347 e. The maximum absolute atomic E-state index is 13.0. The third-order valence-electron chi connectivity index (χ3n) is 5.44. The van der Waals surface area contributed by atoms with Gasteiger partial charge in [-0.25, -0.2) is 0 Å². The Morgan fingerprint density at radius 1 is 1.08 bits per heavy atom. The molecule has 1 aromatic heterocycles. The molecule has 0 aliphatic carbocycles. The van der Waals surface area contributed by atoms with Crippen LogP contribution in [0.5, 0.6) is 0 Å². The number of hydrogen-bond donors (Lipinski definition) is 0. The fourth-order valence-corrected chi connectivity index (χ4v) is 3.95. The summed E-state index contributed by atoms with van der Waals surface area (Å²) in [7, 11) is 0. The number of aromatic nitrogens is 1. The molecule has 25 heavy (non-hydrogen) atoms. The zero-order chi connectivity index (χ0) is 17.4. The summed E-state index contributed by atoms with van der Waals surface area (Å²) in [6.45, 7) is 5.28. The molecule has 4 heterocycles. The first kappa shape index (κ1) is 16.5. The number of carbonyl (C=O) groups is 2. The highest BCUT2D eigenvalue weighted by atomic mass is 16.7. The second-order valence-electron chi connectivity index (χ2n) is 6.92. The van der Waals surface area contributed by atoms with Crippen LogP contribution in [0, 0.1) is 0 Å². The lowest BCUT2D eigenvalue weighted by Crippen LogP contribution is -2.47. The van der Waals surface area contributed by atoms with Crippen LogP contribution >= 0.6 is 0 Å². The summed E-state index contributed by atoms with van der Waals surface area (Å²) in [6.07, 6.45) is 5.55. The summed E-state index contributed by atoms with van der Waals surface area (Å²) in [5, 5.41) is 0. The van der Waals surface area contributed by atoms with Gasteiger partial charge < -0.3 is 19.3 Å². The number of rotatable bonds is 1. The van der Waals surface area contributed by atoms with Crippen molar-refractivity contribution in [3.63, 3.8) is 0 Å². The number of nitrogens with zero attached hydrogens (tertiary/aromatic N) is 3. The first-order chi connectivity index (χ1) is 12.1. The number of piperidine rings is 1. The fraction of sp³-hybridized carbons (Fsp3) is 0.611. The molecule has 0 aromatic carbocycles. The van der Waals surface area contributed by atoms with E-state index in [1.165, 1.54) is 0 Å². The standard InChI is InChI=1S/C18H23N3O4/c1-13(22)21-5-2-15-14(12-21)10-19-11-16(15)17(23)20-6-3-18(4-7-20)24-8-9-25-18/h10-11H,2-9,12H2,1H3. The van der Waals surface area contributed by atoms with Crippen LogP contribution in [-0.2, 0) is 27.2 Å². The van der Waals surface area contributed by atoms with Crippen LogP contribution in [0.3, 0.4) is 0 Å². The molecule has 0 saturated carbocycles. The molecular formula is C18H23N3O4. The van der Waals surface area contributed by atoms with Crippen molar-refractivity contribution in [1.29, 1.82) is 0 Å². The smallest absolute Gasteiger partial charge is 0.255 e. The van der Waals surface area contributed by atoms with E-state index in [-0.39, 0.29) is 11.8 Å². The van der Waals surface area contributed by atoms with Gasteiger partial charge in [-0.3, -0.25) is 14.6 Å². The predicted octanol–water partition coefficient (Wildman–Crippen LogP) is 0.965. The molecule has 0 bridgehead atoms. The molecule has 1 aromatic rings. The Labute approximate surface area is 146 Å². The molecule has 0 unspecified atom stereocenters. The number of pyridine rings is 1. The lowest BCUT2D eigenvalue weighted by molar-refractivity contribution is -0.181. The van der Waals surface area contributed by atoms with Crippen LogP contribution < -0.4 is 0 Å². The average Bonchev–Trinajstić information content (AvgIpc) is 3.08. The van der Waals surface area contributed by atoms with Crippen molar-refractivity contribution in [2.75, 3.05) is 32.8 Å². The van der Waals surface area contributed by atoms with E-state index in [0.29, 0.717) is 64.2 Å². The maximum Gasteiger partial charge on any atom is 0.255 e. The molecule has 3 aliphatic rings. The minimum absolute atomic E-state index is 0.0217. The van der Waals surface area contributed by atoms with Gasteiger partial charge in [0.2, 0.25) is 5.91 Å². The maximum atomic E-state index is 13.0. The van der Waals surface area contributed by atoms with E-state index in [9.17, 15) is 9.59 Å². The van der Waals surface area contributed by atoms with Gasteiger partial charge in [0, 0.05) is 58.3 Å². The van der Waals surface area contributed by atoms with Gasteiger partial charge in [0.15, 0.2) is 5.79 Å². The Balaban J connectivity index is 1.50. The zero-order valence-electron chi connectivity index (χ0n) is 14.5. The Morgan fingerprint density at radius 3 is 2.48 bits per heavy atom. The Bertz CT molecular complexity index is 690. The first-order valence-electron chi connectivity index (χ1n) is 8.86. The SMILES string of the molecule is CC(=O)N1CCc2c(cncc2C(=O)N2CCC3(CC2)OCCO3)C1. The molecule has 7 nitrogen and oxygen atoms in total. The van der Waals surface area contributed by atoms with E-state index in [4.69, 9.17) is 9.47 Å². The van der Waals surface area contributed by atoms with Gasteiger partial charge >= 0.3 is 0 Å². The normalized spacial score (nSPS) is 22.1. The van der Waals surface area contributed by atoms with Gasteiger partial charge in [-0.05, 0) is 17.5 Å². The second kappa shape index (κ2) is 6.38. The average molecular weight is 345 g/mol. The monoisotopic (exact) mass is 345 g/mol. The van der Waals surface area contributed by atoms with Gasteiger partial charge in [0.1, 0.15) is 0 Å². The molecule has 2 saturated heterocycles. The number of ether oxygens (including phenoxy) is 2. The molecule has 1 spiro atoms. The molecule has 0 N–H and O–H groups in total. The third kappa shape index (κ3) is 3.02. The predicted molar refractivity (Wildman–Crippen MR) is 88.8 cm³/mol. The van der Waals surface area contributed by atoms with Crippen molar-refractivity contribution < 1.29 is 19.1 Å². The van der Waals surface area contributed by atoms with Crippen LogP contribution in [0.2, 0.25) is 0 Å². The van der Waals surface area contributed by atoms with E-state index in [0.717, 1.165) is 11.1 Å². The van der Waals surface area contributed by atoms with Gasteiger partial charge in [-0.15, -0.1) is 0 Å². The summed E-state index contributed by atoms with van der Waals surface area (Å²) >= 11 is 0. The van der Waals surface area contributed by atoms with Crippen LogP contribution in [0.4, 0.5) is 0 Å². The van der Waals surface area contributed by atoms with E-state index < -0.39 is 5.79 Å².